The Morgan fingerprint density at radius 1 is 0.789 bits per heavy atom. The van der Waals surface area contributed by atoms with Crippen molar-refractivity contribution in [3.63, 3.8) is 0 Å². The number of esters is 1. The lowest BCUT2D eigenvalue weighted by Gasteiger charge is -2.11. The first-order chi connectivity index (χ1) is 18.4. The van der Waals surface area contributed by atoms with E-state index in [2.05, 4.69) is 9.93 Å². The molecule has 0 aliphatic heterocycles. The summed E-state index contributed by atoms with van der Waals surface area (Å²) in [5, 5.41) is 22.1. The zero-order valence-electron chi connectivity index (χ0n) is 20.8. The zero-order chi connectivity index (χ0) is 26.9. The monoisotopic (exact) mass is 514 g/mol. The van der Waals surface area contributed by atoms with E-state index < -0.39 is 5.97 Å². The molecule has 8 nitrogen and oxygen atoms in total. The number of aryl methyl sites for hydroxylation is 1. The van der Waals surface area contributed by atoms with Crippen LogP contribution >= 0.6 is 0 Å². The third-order valence-electron chi connectivity index (χ3n) is 5.60. The molecule has 0 fully saturated rings. The third-order valence-corrected chi connectivity index (χ3v) is 5.60. The van der Waals surface area contributed by atoms with Gasteiger partial charge in [0.2, 0.25) is 0 Å². The third kappa shape index (κ3) is 6.98. The van der Waals surface area contributed by atoms with E-state index in [4.69, 9.17) is 19.5 Å². The van der Waals surface area contributed by atoms with Crippen molar-refractivity contribution in [3.05, 3.63) is 113 Å². The number of methoxy groups -OCH3 is 1. The minimum atomic E-state index is -0.515. The van der Waals surface area contributed by atoms with Crippen molar-refractivity contribution in [2.45, 2.75) is 13.5 Å². The number of carbonyl (C=O) groups is 1. The Kier molecular flexibility index (Phi) is 8.73. The first-order valence-electron chi connectivity index (χ1n) is 11.6. The van der Waals surface area contributed by atoms with Crippen LogP contribution in [0.1, 0.15) is 32.6 Å². The Morgan fingerprint density at radius 2 is 1.39 bits per heavy atom. The Hall–Kier alpha value is -4.63. The molecule has 0 radical (unpaired) electrons. The molecule has 0 heterocycles. The lowest BCUT2D eigenvalue weighted by molar-refractivity contribution is -0.496. The number of phenols is 1. The van der Waals surface area contributed by atoms with Crippen LogP contribution in [0.25, 0.3) is 12.2 Å². The second kappa shape index (κ2) is 12.6. The SMILES string of the molecule is COC(=O)c1ccc(O)c(Oc2ccc(/C=C/c3ccc(Oc4cc(COOO)ccc4C)cc3)cc2)c1. The highest BCUT2D eigenvalue weighted by Crippen LogP contribution is 2.32. The number of hydrogen-bond donors (Lipinski definition) is 2. The molecule has 38 heavy (non-hydrogen) atoms. The molecular formula is C30H26O8. The van der Waals surface area contributed by atoms with E-state index in [1.807, 2.05) is 73.7 Å². The van der Waals surface area contributed by atoms with E-state index in [9.17, 15) is 9.90 Å². The van der Waals surface area contributed by atoms with Gasteiger partial charge in [-0.3, -0.25) is 0 Å². The molecule has 0 aromatic heterocycles. The van der Waals surface area contributed by atoms with E-state index in [0.717, 1.165) is 22.3 Å². The molecule has 0 atom stereocenters. The molecule has 4 rings (SSSR count). The summed E-state index contributed by atoms with van der Waals surface area (Å²) in [6.07, 6.45) is 3.94. The Labute approximate surface area is 219 Å². The van der Waals surface area contributed by atoms with Gasteiger partial charge in [-0.2, -0.15) is 0 Å². The maximum Gasteiger partial charge on any atom is 0.337 e. The molecular weight excluding hydrogens is 488 g/mol. The second-order valence-electron chi connectivity index (χ2n) is 8.29. The molecule has 0 saturated heterocycles. The van der Waals surface area contributed by atoms with E-state index in [-0.39, 0.29) is 23.7 Å². The van der Waals surface area contributed by atoms with Gasteiger partial charge in [-0.25, -0.2) is 14.9 Å². The van der Waals surface area contributed by atoms with Crippen molar-refractivity contribution in [1.29, 1.82) is 0 Å². The number of hydrogen-bond acceptors (Lipinski definition) is 8. The minimum Gasteiger partial charge on any atom is -0.504 e. The van der Waals surface area contributed by atoms with Crippen molar-refractivity contribution >= 4 is 18.1 Å². The number of carbonyl (C=O) groups excluding carboxylic acids is 1. The van der Waals surface area contributed by atoms with E-state index in [1.54, 1.807) is 12.1 Å². The van der Waals surface area contributed by atoms with Gasteiger partial charge in [-0.1, -0.05) is 53.6 Å². The van der Waals surface area contributed by atoms with E-state index in [0.29, 0.717) is 17.2 Å². The number of benzene rings is 4. The van der Waals surface area contributed by atoms with Gasteiger partial charge in [-0.05, 0) is 77.7 Å². The smallest absolute Gasteiger partial charge is 0.337 e. The molecule has 0 unspecified atom stereocenters. The highest BCUT2D eigenvalue weighted by Gasteiger charge is 2.11. The highest BCUT2D eigenvalue weighted by molar-refractivity contribution is 5.90. The van der Waals surface area contributed by atoms with Crippen LogP contribution in [0.15, 0.2) is 84.9 Å². The van der Waals surface area contributed by atoms with Crippen LogP contribution in [0.4, 0.5) is 0 Å². The van der Waals surface area contributed by atoms with Crippen molar-refractivity contribution in [2.24, 2.45) is 0 Å². The minimum absolute atomic E-state index is 0.0813. The van der Waals surface area contributed by atoms with Crippen molar-refractivity contribution in [2.75, 3.05) is 7.11 Å². The quantitative estimate of drug-likeness (QED) is 0.0994. The standard InChI is InChI=1S/C30H26O8/c1-20-3-4-23(19-35-38-33)17-28(20)36-25-12-7-21(8-13-25)5-6-22-9-14-26(15-10-22)37-29-18-24(30(32)34-2)11-16-27(29)31/h3-18,31,33H,19H2,1-2H3/b6-5+. The van der Waals surface area contributed by atoms with Gasteiger partial charge in [0.15, 0.2) is 11.5 Å². The van der Waals surface area contributed by atoms with Crippen molar-refractivity contribution in [1.82, 2.24) is 0 Å². The van der Waals surface area contributed by atoms with Gasteiger partial charge in [-0.15, -0.1) is 0 Å². The summed E-state index contributed by atoms with van der Waals surface area (Å²) in [6, 6.07) is 24.8. The summed E-state index contributed by atoms with van der Waals surface area (Å²) in [5.74, 6) is 1.44. The average molecular weight is 515 g/mol. The molecule has 4 aromatic rings. The fourth-order valence-electron chi connectivity index (χ4n) is 3.52. The molecule has 4 aromatic carbocycles. The molecule has 0 saturated carbocycles. The van der Waals surface area contributed by atoms with Crippen LogP contribution in [0.3, 0.4) is 0 Å². The van der Waals surface area contributed by atoms with Gasteiger partial charge in [0.1, 0.15) is 23.9 Å². The summed E-state index contributed by atoms with van der Waals surface area (Å²) in [7, 11) is 1.29. The summed E-state index contributed by atoms with van der Waals surface area (Å²) < 4.78 is 16.5. The predicted octanol–water partition coefficient (Wildman–Crippen LogP) is 7.16. The topological polar surface area (TPSA) is 104 Å². The van der Waals surface area contributed by atoms with Gasteiger partial charge >= 0.3 is 5.97 Å². The fourth-order valence-corrected chi connectivity index (χ4v) is 3.52. The van der Waals surface area contributed by atoms with E-state index in [1.165, 1.54) is 25.3 Å². The molecule has 194 valence electrons. The fraction of sp³-hybridized carbons (Fsp3) is 0.100. The van der Waals surface area contributed by atoms with Gasteiger partial charge < -0.3 is 19.3 Å². The highest BCUT2D eigenvalue weighted by atomic mass is 17.5. The Balaban J connectivity index is 1.38. The van der Waals surface area contributed by atoms with E-state index >= 15 is 0 Å². The molecule has 0 bridgehead atoms. The van der Waals surface area contributed by atoms with Gasteiger partial charge in [0.25, 0.3) is 0 Å². The zero-order valence-corrected chi connectivity index (χ0v) is 20.8. The average Bonchev–Trinajstić information content (AvgIpc) is 2.94. The summed E-state index contributed by atoms with van der Waals surface area (Å²) in [4.78, 5) is 16.3. The Bertz CT molecular complexity index is 1410. The molecule has 0 amide bonds. The number of rotatable bonds is 10. The van der Waals surface area contributed by atoms with Crippen LogP contribution in [-0.2, 0) is 21.3 Å². The summed E-state index contributed by atoms with van der Waals surface area (Å²) >= 11 is 0. The summed E-state index contributed by atoms with van der Waals surface area (Å²) in [5.41, 5.74) is 3.97. The first kappa shape index (κ1) is 26.4. The first-order valence-corrected chi connectivity index (χ1v) is 11.6. The summed E-state index contributed by atoms with van der Waals surface area (Å²) in [6.45, 7) is 2.03. The maximum atomic E-state index is 11.7. The molecule has 8 heteroatoms. The number of ether oxygens (including phenoxy) is 3. The predicted molar refractivity (Wildman–Crippen MR) is 141 cm³/mol. The lowest BCUT2D eigenvalue weighted by atomic mass is 10.1. The molecule has 2 N–H and O–H groups in total. The van der Waals surface area contributed by atoms with Crippen LogP contribution in [0.2, 0.25) is 0 Å². The van der Waals surface area contributed by atoms with Crippen LogP contribution < -0.4 is 9.47 Å². The van der Waals surface area contributed by atoms with Crippen LogP contribution in [0.5, 0.6) is 28.7 Å². The number of phenolic OH excluding ortho intramolecular Hbond substituents is 1. The Morgan fingerprint density at radius 3 is 1.97 bits per heavy atom. The largest absolute Gasteiger partial charge is 0.504 e. The maximum absolute atomic E-state index is 11.7. The number of aromatic hydroxyl groups is 1. The lowest BCUT2D eigenvalue weighted by Crippen LogP contribution is -2.01. The van der Waals surface area contributed by atoms with Gasteiger partial charge in [0.05, 0.1) is 12.7 Å². The van der Waals surface area contributed by atoms with Crippen molar-refractivity contribution < 1.29 is 39.3 Å². The van der Waals surface area contributed by atoms with Crippen molar-refractivity contribution in [3.8, 4) is 28.7 Å². The van der Waals surface area contributed by atoms with Crippen LogP contribution in [0, 0.1) is 6.92 Å². The second-order valence-corrected chi connectivity index (χ2v) is 8.29. The normalized spacial score (nSPS) is 10.9. The molecule has 0 aliphatic carbocycles. The molecule has 0 spiro atoms. The van der Waals surface area contributed by atoms with Gasteiger partial charge in [0, 0.05) is 0 Å². The molecule has 0 aliphatic rings. The van der Waals surface area contributed by atoms with Crippen LogP contribution in [-0.4, -0.2) is 23.4 Å².